The highest BCUT2D eigenvalue weighted by atomic mass is 35.5. The number of nitrogens with one attached hydrogen (secondary N) is 1. The lowest BCUT2D eigenvalue weighted by molar-refractivity contribution is 0.598. The zero-order chi connectivity index (χ0) is 12.9. The highest BCUT2D eigenvalue weighted by Crippen LogP contribution is 2.23. The van der Waals surface area contributed by atoms with Gasteiger partial charge in [-0.15, -0.1) is 0 Å². The van der Waals surface area contributed by atoms with E-state index >= 15 is 0 Å². The molecule has 0 radical (unpaired) electrons. The molecule has 0 aliphatic heterocycles. The largest absolute Gasteiger partial charge is 0.312 e. The minimum absolute atomic E-state index is 0.231. The average Bonchev–Trinajstić information content (AvgIpc) is 2.24. The number of rotatable bonds is 5. The summed E-state index contributed by atoms with van der Waals surface area (Å²) in [4.78, 5) is 0.231. The second kappa shape index (κ2) is 6.01. The SMILES string of the molecule is CS(=O)(=O)c1cccc(Cl)c1CNCCC#N. The summed E-state index contributed by atoms with van der Waals surface area (Å²) in [5.74, 6) is 0. The van der Waals surface area contributed by atoms with Gasteiger partial charge in [0.1, 0.15) is 0 Å². The molecule has 1 rings (SSSR count). The molecule has 17 heavy (non-hydrogen) atoms. The normalized spacial score (nSPS) is 11.1. The van der Waals surface area contributed by atoms with Crippen LogP contribution in [-0.4, -0.2) is 21.2 Å². The van der Waals surface area contributed by atoms with Gasteiger partial charge in [0, 0.05) is 36.4 Å². The Hall–Kier alpha value is -1.09. The number of nitriles is 1. The highest BCUT2D eigenvalue weighted by Gasteiger charge is 2.15. The molecule has 0 aromatic heterocycles. The van der Waals surface area contributed by atoms with Crippen LogP contribution < -0.4 is 5.32 Å². The van der Waals surface area contributed by atoms with Gasteiger partial charge in [0.15, 0.2) is 9.84 Å². The van der Waals surface area contributed by atoms with Crippen molar-refractivity contribution in [3.8, 4) is 6.07 Å². The summed E-state index contributed by atoms with van der Waals surface area (Å²) < 4.78 is 23.1. The van der Waals surface area contributed by atoms with Crippen molar-refractivity contribution in [2.45, 2.75) is 17.9 Å². The monoisotopic (exact) mass is 272 g/mol. The van der Waals surface area contributed by atoms with E-state index in [9.17, 15) is 8.42 Å². The predicted octanol–water partition coefficient (Wildman–Crippen LogP) is 1.75. The van der Waals surface area contributed by atoms with Crippen LogP contribution in [0.15, 0.2) is 23.1 Å². The quantitative estimate of drug-likeness (QED) is 0.829. The highest BCUT2D eigenvalue weighted by molar-refractivity contribution is 7.90. The number of hydrogen-bond donors (Lipinski definition) is 1. The van der Waals surface area contributed by atoms with Gasteiger partial charge in [-0.25, -0.2) is 8.42 Å². The molecule has 1 aromatic carbocycles. The Morgan fingerprint density at radius 2 is 2.18 bits per heavy atom. The molecular weight excluding hydrogens is 260 g/mol. The summed E-state index contributed by atoms with van der Waals surface area (Å²) in [5, 5.41) is 11.8. The summed E-state index contributed by atoms with van der Waals surface area (Å²) in [6.45, 7) is 0.842. The molecule has 0 aliphatic rings. The van der Waals surface area contributed by atoms with Crippen LogP contribution in [0, 0.1) is 11.3 Å². The molecule has 0 bridgehead atoms. The van der Waals surface area contributed by atoms with Gasteiger partial charge in [0.25, 0.3) is 0 Å². The molecule has 0 amide bonds. The number of hydrogen-bond acceptors (Lipinski definition) is 4. The van der Waals surface area contributed by atoms with Crippen LogP contribution >= 0.6 is 11.6 Å². The van der Waals surface area contributed by atoms with Crippen molar-refractivity contribution < 1.29 is 8.42 Å². The van der Waals surface area contributed by atoms with Crippen LogP contribution in [0.25, 0.3) is 0 Å². The van der Waals surface area contributed by atoms with E-state index in [-0.39, 0.29) is 4.90 Å². The molecule has 0 atom stereocenters. The van der Waals surface area contributed by atoms with Gasteiger partial charge < -0.3 is 5.32 Å². The second-order valence-electron chi connectivity index (χ2n) is 3.57. The first-order valence-corrected chi connectivity index (χ1v) is 7.29. The Kier molecular flexibility index (Phi) is 4.94. The van der Waals surface area contributed by atoms with Crippen molar-refractivity contribution in [2.24, 2.45) is 0 Å². The fraction of sp³-hybridized carbons (Fsp3) is 0.364. The van der Waals surface area contributed by atoms with Gasteiger partial charge >= 0.3 is 0 Å². The third-order valence-electron chi connectivity index (χ3n) is 2.19. The average molecular weight is 273 g/mol. The number of halogens is 1. The lowest BCUT2D eigenvalue weighted by Gasteiger charge is -2.10. The van der Waals surface area contributed by atoms with E-state index in [4.69, 9.17) is 16.9 Å². The van der Waals surface area contributed by atoms with E-state index < -0.39 is 9.84 Å². The van der Waals surface area contributed by atoms with E-state index in [0.717, 1.165) is 6.26 Å². The van der Waals surface area contributed by atoms with Gasteiger partial charge in [-0.3, -0.25) is 0 Å². The van der Waals surface area contributed by atoms with Crippen LogP contribution in [0.2, 0.25) is 5.02 Å². The smallest absolute Gasteiger partial charge is 0.175 e. The molecular formula is C11H13ClN2O2S. The first-order valence-electron chi connectivity index (χ1n) is 5.02. The van der Waals surface area contributed by atoms with E-state index in [1.165, 1.54) is 6.07 Å². The fourth-order valence-electron chi connectivity index (χ4n) is 1.42. The molecule has 0 heterocycles. The maximum atomic E-state index is 11.6. The zero-order valence-electron chi connectivity index (χ0n) is 9.40. The van der Waals surface area contributed by atoms with Crippen molar-refractivity contribution in [3.05, 3.63) is 28.8 Å². The van der Waals surface area contributed by atoms with Crippen molar-refractivity contribution in [1.29, 1.82) is 5.26 Å². The van der Waals surface area contributed by atoms with Crippen molar-refractivity contribution in [3.63, 3.8) is 0 Å². The number of benzene rings is 1. The zero-order valence-corrected chi connectivity index (χ0v) is 11.0. The Labute approximate surface area is 106 Å². The molecule has 0 fully saturated rings. The lowest BCUT2D eigenvalue weighted by atomic mass is 10.2. The predicted molar refractivity (Wildman–Crippen MR) is 66.5 cm³/mol. The van der Waals surface area contributed by atoms with Gasteiger partial charge in [-0.2, -0.15) is 5.26 Å². The van der Waals surface area contributed by atoms with Gasteiger partial charge in [0.2, 0.25) is 0 Å². The van der Waals surface area contributed by atoms with Gasteiger partial charge in [-0.1, -0.05) is 17.7 Å². The standard InChI is InChI=1S/C11H13ClN2O2S/c1-17(15,16)11-5-2-4-10(12)9(11)8-14-7-3-6-13/h2,4-5,14H,3,7-8H2,1H3. The van der Waals surface area contributed by atoms with E-state index in [1.54, 1.807) is 12.1 Å². The van der Waals surface area contributed by atoms with Crippen LogP contribution in [0.1, 0.15) is 12.0 Å². The first kappa shape index (κ1) is 14.0. The lowest BCUT2D eigenvalue weighted by Crippen LogP contribution is -2.16. The van der Waals surface area contributed by atoms with Crippen LogP contribution in [0.4, 0.5) is 0 Å². The first-order chi connectivity index (χ1) is 7.96. The Balaban J connectivity index is 2.94. The number of nitrogens with zero attached hydrogens (tertiary/aromatic N) is 1. The topological polar surface area (TPSA) is 70.0 Å². The van der Waals surface area contributed by atoms with Crippen molar-refractivity contribution in [2.75, 3.05) is 12.8 Å². The maximum absolute atomic E-state index is 11.6. The molecule has 0 aliphatic carbocycles. The van der Waals surface area contributed by atoms with E-state index in [0.29, 0.717) is 30.1 Å². The molecule has 4 nitrogen and oxygen atoms in total. The van der Waals surface area contributed by atoms with Crippen LogP contribution in [0.3, 0.4) is 0 Å². The third kappa shape index (κ3) is 4.00. The minimum Gasteiger partial charge on any atom is -0.312 e. The summed E-state index contributed by atoms with van der Waals surface area (Å²) >= 11 is 5.98. The summed E-state index contributed by atoms with van der Waals surface area (Å²) in [7, 11) is -3.29. The Morgan fingerprint density at radius 1 is 1.47 bits per heavy atom. The van der Waals surface area contributed by atoms with Crippen molar-refractivity contribution >= 4 is 21.4 Å². The fourth-order valence-corrected chi connectivity index (χ4v) is 2.67. The van der Waals surface area contributed by atoms with Crippen LogP contribution in [-0.2, 0) is 16.4 Å². The molecule has 0 saturated carbocycles. The maximum Gasteiger partial charge on any atom is 0.175 e. The second-order valence-corrected chi connectivity index (χ2v) is 5.96. The Bertz CT molecular complexity index is 535. The summed E-state index contributed by atoms with van der Waals surface area (Å²) in [5.41, 5.74) is 0.551. The molecule has 92 valence electrons. The molecule has 1 N–H and O–H groups in total. The third-order valence-corrected chi connectivity index (χ3v) is 3.73. The molecule has 0 unspecified atom stereocenters. The summed E-state index contributed by atoms with van der Waals surface area (Å²) in [6.07, 6.45) is 1.52. The van der Waals surface area contributed by atoms with E-state index in [2.05, 4.69) is 5.32 Å². The van der Waals surface area contributed by atoms with Crippen molar-refractivity contribution in [1.82, 2.24) is 5.32 Å². The van der Waals surface area contributed by atoms with Crippen LogP contribution in [0.5, 0.6) is 0 Å². The minimum atomic E-state index is -3.29. The molecule has 0 spiro atoms. The molecule has 1 aromatic rings. The Morgan fingerprint density at radius 3 is 2.76 bits per heavy atom. The molecule has 6 heteroatoms. The van der Waals surface area contributed by atoms with E-state index in [1.807, 2.05) is 6.07 Å². The molecule has 0 saturated heterocycles. The van der Waals surface area contributed by atoms with Gasteiger partial charge in [0.05, 0.1) is 11.0 Å². The summed E-state index contributed by atoms with van der Waals surface area (Å²) in [6, 6.07) is 6.79. The number of sulfone groups is 1. The van der Waals surface area contributed by atoms with Gasteiger partial charge in [-0.05, 0) is 12.1 Å².